The Morgan fingerprint density at radius 3 is 1.18 bits per heavy atom. The summed E-state index contributed by atoms with van der Waals surface area (Å²) in [4.78, 5) is 21.6. The molecule has 2 atom stereocenters. The van der Waals surface area contributed by atoms with E-state index in [-0.39, 0.29) is 12.7 Å². The van der Waals surface area contributed by atoms with E-state index in [1.807, 2.05) is 11.8 Å². The third kappa shape index (κ3) is 46.5. The monoisotopic (exact) mass is 685 g/mol. The standard InChI is InChI=1S/C36H74O3S.H3O4P/c1-4-6-8-10-12-14-16-18-19-20-22-24-26-28-30-35(33-40-34-36(32-37)38-3)39-31-29-27-25-23-21-17-15-13-11-9-7-5-2;1-5(2,3)4/h35-37H,4-34H2,1-3H3;(H3,1,2,3,4). The molecule has 0 rings (SSSR count). The molecule has 0 aliphatic heterocycles. The van der Waals surface area contributed by atoms with E-state index in [1.54, 1.807) is 7.11 Å². The first-order chi connectivity index (χ1) is 21.8. The van der Waals surface area contributed by atoms with Crippen molar-refractivity contribution < 1.29 is 33.8 Å². The van der Waals surface area contributed by atoms with Crippen LogP contribution in [0, 0.1) is 0 Å². The minimum Gasteiger partial charge on any atom is -0.394 e. The normalized spacial score (nSPS) is 13.0. The van der Waals surface area contributed by atoms with Crippen LogP contribution >= 0.6 is 19.6 Å². The Kier molecular flexibility index (Phi) is 40.9. The summed E-state index contributed by atoms with van der Waals surface area (Å²) in [7, 11) is -2.95. The highest BCUT2D eigenvalue weighted by molar-refractivity contribution is 7.99. The quantitative estimate of drug-likeness (QED) is 0.0385. The first-order valence-corrected chi connectivity index (χ1v) is 21.6. The van der Waals surface area contributed by atoms with Crippen LogP contribution < -0.4 is 0 Å². The SMILES string of the molecule is CCCCCCCCCCCCCCCCC(CSCC(CO)OC)OCCCCCCCCCCCCCC.O=P(O)(O)O. The molecule has 4 N–H and O–H groups in total. The van der Waals surface area contributed by atoms with Crippen molar-refractivity contribution >= 4 is 19.6 Å². The van der Waals surface area contributed by atoms with Gasteiger partial charge in [-0.1, -0.05) is 174 Å². The minimum atomic E-state index is -4.64. The largest absolute Gasteiger partial charge is 0.466 e. The number of hydrogen-bond donors (Lipinski definition) is 4. The van der Waals surface area contributed by atoms with Gasteiger partial charge in [0.25, 0.3) is 0 Å². The van der Waals surface area contributed by atoms with Crippen LogP contribution in [0.4, 0.5) is 0 Å². The Hall–Kier alpha value is 0.340. The lowest BCUT2D eigenvalue weighted by atomic mass is 10.0. The Bertz CT molecular complexity index is 581. The highest BCUT2D eigenvalue weighted by atomic mass is 32.2. The zero-order chi connectivity index (χ0) is 33.7. The minimum absolute atomic E-state index is 0.0527. The Labute approximate surface area is 284 Å². The molecule has 7 nitrogen and oxygen atoms in total. The van der Waals surface area contributed by atoms with Gasteiger partial charge >= 0.3 is 7.82 Å². The van der Waals surface area contributed by atoms with Crippen LogP contribution in [-0.4, -0.2) is 63.8 Å². The van der Waals surface area contributed by atoms with Crippen LogP contribution in [0.25, 0.3) is 0 Å². The molecule has 0 spiro atoms. The average Bonchev–Trinajstić information content (AvgIpc) is 3.00. The lowest BCUT2D eigenvalue weighted by Crippen LogP contribution is -2.22. The second-order valence-corrected chi connectivity index (χ2v) is 15.0. The van der Waals surface area contributed by atoms with E-state index in [0.717, 1.165) is 18.1 Å². The van der Waals surface area contributed by atoms with E-state index in [1.165, 1.54) is 173 Å². The van der Waals surface area contributed by atoms with Gasteiger partial charge in [-0.2, -0.15) is 11.8 Å². The van der Waals surface area contributed by atoms with Gasteiger partial charge in [-0.05, 0) is 12.8 Å². The zero-order valence-electron chi connectivity index (χ0n) is 29.9. The van der Waals surface area contributed by atoms with Gasteiger partial charge < -0.3 is 29.3 Å². The van der Waals surface area contributed by atoms with Gasteiger partial charge in [-0.3, -0.25) is 0 Å². The van der Waals surface area contributed by atoms with Crippen molar-refractivity contribution in [3.63, 3.8) is 0 Å². The zero-order valence-corrected chi connectivity index (χ0v) is 31.7. The molecule has 0 fully saturated rings. The van der Waals surface area contributed by atoms with E-state index >= 15 is 0 Å². The summed E-state index contributed by atoms with van der Waals surface area (Å²) in [6.45, 7) is 5.60. The molecule has 0 aliphatic carbocycles. The molecule has 0 aromatic rings. The van der Waals surface area contributed by atoms with Crippen molar-refractivity contribution in [2.24, 2.45) is 0 Å². The molecular formula is C36H77O7PS. The maximum Gasteiger partial charge on any atom is 0.466 e. The fraction of sp³-hybridized carbons (Fsp3) is 1.00. The highest BCUT2D eigenvalue weighted by Crippen LogP contribution is 2.26. The van der Waals surface area contributed by atoms with E-state index in [0.29, 0.717) is 6.10 Å². The molecule has 274 valence electrons. The van der Waals surface area contributed by atoms with Crippen LogP contribution in [0.5, 0.6) is 0 Å². The molecule has 2 unspecified atom stereocenters. The Balaban J connectivity index is 0. The van der Waals surface area contributed by atoms with Crippen molar-refractivity contribution in [1.29, 1.82) is 0 Å². The second kappa shape index (κ2) is 38.8. The van der Waals surface area contributed by atoms with Crippen LogP contribution in [-0.2, 0) is 14.0 Å². The van der Waals surface area contributed by atoms with Gasteiger partial charge in [0.05, 0.1) is 18.8 Å². The van der Waals surface area contributed by atoms with Crippen LogP contribution in [0.15, 0.2) is 0 Å². The first kappa shape index (κ1) is 47.5. The van der Waals surface area contributed by atoms with Gasteiger partial charge in [-0.15, -0.1) is 0 Å². The summed E-state index contributed by atoms with van der Waals surface area (Å²) in [6, 6.07) is 0. The number of phosphoric acid groups is 1. The molecular weight excluding hydrogens is 607 g/mol. The molecule has 0 aromatic carbocycles. The number of ether oxygens (including phenoxy) is 2. The lowest BCUT2D eigenvalue weighted by molar-refractivity contribution is 0.0572. The topological polar surface area (TPSA) is 116 Å². The maximum atomic E-state index is 9.40. The van der Waals surface area contributed by atoms with Crippen LogP contribution in [0.3, 0.4) is 0 Å². The first-order valence-electron chi connectivity index (χ1n) is 18.9. The molecule has 0 bridgehead atoms. The third-order valence-electron chi connectivity index (χ3n) is 8.38. The molecule has 0 aliphatic rings. The fourth-order valence-electron chi connectivity index (χ4n) is 5.50. The van der Waals surface area contributed by atoms with Crippen LogP contribution in [0.1, 0.15) is 187 Å². The molecule has 0 amide bonds. The smallest absolute Gasteiger partial charge is 0.394 e. The number of rotatable bonds is 35. The predicted molar refractivity (Wildman–Crippen MR) is 195 cm³/mol. The summed E-state index contributed by atoms with van der Waals surface area (Å²) in [5, 5.41) is 9.40. The molecule has 0 aromatic heterocycles. The lowest BCUT2D eigenvalue weighted by Gasteiger charge is -2.19. The number of thioether (sulfide) groups is 1. The number of hydrogen-bond acceptors (Lipinski definition) is 5. The third-order valence-corrected chi connectivity index (χ3v) is 9.59. The summed E-state index contributed by atoms with van der Waals surface area (Å²) in [5.74, 6) is 1.88. The Morgan fingerprint density at radius 2 is 0.844 bits per heavy atom. The number of methoxy groups -OCH3 is 1. The summed E-state index contributed by atoms with van der Waals surface area (Å²) < 4.78 is 20.6. The molecule has 45 heavy (non-hydrogen) atoms. The van der Waals surface area contributed by atoms with Gasteiger partial charge in [0.1, 0.15) is 0 Å². The molecule has 0 heterocycles. The van der Waals surface area contributed by atoms with Crippen molar-refractivity contribution in [3.8, 4) is 0 Å². The van der Waals surface area contributed by atoms with Crippen molar-refractivity contribution in [2.75, 3.05) is 31.8 Å². The molecule has 0 radical (unpaired) electrons. The van der Waals surface area contributed by atoms with E-state index in [2.05, 4.69) is 13.8 Å². The number of aliphatic hydroxyl groups is 1. The van der Waals surface area contributed by atoms with E-state index < -0.39 is 7.82 Å². The average molecular weight is 685 g/mol. The van der Waals surface area contributed by atoms with Crippen molar-refractivity contribution in [2.45, 2.75) is 199 Å². The van der Waals surface area contributed by atoms with Crippen molar-refractivity contribution in [3.05, 3.63) is 0 Å². The summed E-state index contributed by atoms with van der Waals surface area (Å²) >= 11 is 1.88. The van der Waals surface area contributed by atoms with Crippen molar-refractivity contribution in [1.82, 2.24) is 0 Å². The molecule has 0 saturated carbocycles. The second-order valence-electron chi connectivity index (χ2n) is 12.9. The summed E-state index contributed by atoms with van der Waals surface area (Å²) in [5.41, 5.74) is 0. The fourth-order valence-corrected chi connectivity index (χ4v) is 6.67. The molecule has 9 heteroatoms. The molecule has 0 saturated heterocycles. The maximum absolute atomic E-state index is 9.40. The van der Waals surface area contributed by atoms with Crippen LogP contribution in [0.2, 0.25) is 0 Å². The number of unbranched alkanes of at least 4 members (excludes halogenated alkanes) is 24. The van der Waals surface area contributed by atoms with Gasteiger partial charge in [0, 0.05) is 25.2 Å². The Morgan fingerprint density at radius 1 is 0.533 bits per heavy atom. The van der Waals surface area contributed by atoms with E-state index in [4.69, 9.17) is 28.7 Å². The van der Waals surface area contributed by atoms with Gasteiger partial charge in [-0.25, -0.2) is 4.57 Å². The number of aliphatic hydroxyl groups excluding tert-OH is 1. The van der Waals surface area contributed by atoms with E-state index in [9.17, 15) is 5.11 Å². The van der Waals surface area contributed by atoms with Gasteiger partial charge in [0.2, 0.25) is 0 Å². The van der Waals surface area contributed by atoms with Gasteiger partial charge in [0.15, 0.2) is 0 Å². The predicted octanol–water partition coefficient (Wildman–Crippen LogP) is 10.8. The summed E-state index contributed by atoms with van der Waals surface area (Å²) in [6.07, 6.45) is 37.8. The highest BCUT2D eigenvalue weighted by Gasteiger charge is 2.12.